The van der Waals surface area contributed by atoms with Crippen LogP contribution in [0.3, 0.4) is 0 Å². The fourth-order valence-corrected chi connectivity index (χ4v) is 2.94. The molecule has 0 bridgehead atoms. The summed E-state index contributed by atoms with van der Waals surface area (Å²) >= 11 is 1.28. The van der Waals surface area contributed by atoms with E-state index in [0.29, 0.717) is 28.9 Å². The van der Waals surface area contributed by atoms with E-state index < -0.39 is 0 Å². The number of hydrogen-bond acceptors (Lipinski definition) is 7. The maximum absolute atomic E-state index is 11.6. The molecule has 0 aliphatic heterocycles. The molecular weight excluding hydrogens is 338 g/mol. The summed E-state index contributed by atoms with van der Waals surface area (Å²) in [5.74, 6) is 0.779. The summed E-state index contributed by atoms with van der Waals surface area (Å²) in [6.45, 7) is 4.16. The van der Waals surface area contributed by atoms with Crippen LogP contribution in [-0.4, -0.2) is 33.5 Å². The molecule has 1 aromatic carbocycles. The Kier molecular flexibility index (Phi) is 5.45. The predicted octanol–water partition coefficient (Wildman–Crippen LogP) is 3.76. The number of rotatable bonds is 6. The zero-order chi connectivity index (χ0) is 17.6. The van der Waals surface area contributed by atoms with Crippen LogP contribution in [-0.2, 0) is 9.53 Å². The Bertz CT molecular complexity index is 862. The minimum atomic E-state index is -0.282. The third-order valence-corrected chi connectivity index (χ3v) is 4.35. The van der Waals surface area contributed by atoms with E-state index in [-0.39, 0.29) is 11.7 Å². The van der Waals surface area contributed by atoms with Crippen molar-refractivity contribution in [3.05, 3.63) is 48.2 Å². The zero-order valence-electron chi connectivity index (χ0n) is 13.9. The standard InChI is InChI=1S/C18H17N3O3S/c1-3-23-15(22)11-25-18-14(5-4-10-19-18)17-20-16(21-24-17)13-8-6-12(2)7-9-13/h4-10H,3,11H2,1-2H3. The summed E-state index contributed by atoms with van der Waals surface area (Å²) in [7, 11) is 0. The summed E-state index contributed by atoms with van der Waals surface area (Å²) in [4.78, 5) is 20.3. The molecule has 25 heavy (non-hydrogen) atoms. The molecule has 0 saturated heterocycles. The van der Waals surface area contributed by atoms with Gasteiger partial charge in [0, 0.05) is 11.8 Å². The van der Waals surface area contributed by atoms with E-state index in [0.717, 1.165) is 11.1 Å². The molecule has 6 nitrogen and oxygen atoms in total. The van der Waals surface area contributed by atoms with Crippen LogP contribution in [0.25, 0.3) is 22.8 Å². The second kappa shape index (κ2) is 7.94. The molecular formula is C18H17N3O3S. The average Bonchev–Trinajstić information content (AvgIpc) is 3.11. The number of carbonyl (C=O) groups excluding carboxylic acids is 1. The Balaban J connectivity index is 1.82. The lowest BCUT2D eigenvalue weighted by Gasteiger charge is -2.04. The van der Waals surface area contributed by atoms with Crippen molar-refractivity contribution in [2.75, 3.05) is 12.4 Å². The van der Waals surface area contributed by atoms with Crippen LogP contribution in [0.1, 0.15) is 12.5 Å². The molecule has 0 radical (unpaired) electrons. The molecule has 2 heterocycles. The number of pyridine rings is 1. The molecule has 7 heteroatoms. The summed E-state index contributed by atoms with van der Waals surface area (Å²) < 4.78 is 10.3. The molecule has 128 valence electrons. The van der Waals surface area contributed by atoms with Crippen LogP contribution < -0.4 is 0 Å². The highest BCUT2D eigenvalue weighted by atomic mass is 32.2. The first-order valence-corrected chi connectivity index (χ1v) is 8.80. The van der Waals surface area contributed by atoms with E-state index in [1.54, 1.807) is 19.2 Å². The molecule has 3 aromatic rings. The Labute approximate surface area is 149 Å². The average molecular weight is 355 g/mol. The number of benzene rings is 1. The number of ether oxygens (including phenoxy) is 1. The lowest BCUT2D eigenvalue weighted by Crippen LogP contribution is -2.06. The Morgan fingerprint density at radius 3 is 2.80 bits per heavy atom. The van der Waals surface area contributed by atoms with E-state index in [9.17, 15) is 4.79 Å². The van der Waals surface area contributed by atoms with E-state index >= 15 is 0 Å². The van der Waals surface area contributed by atoms with Gasteiger partial charge in [0.15, 0.2) is 0 Å². The molecule has 0 aliphatic rings. The second-order valence-corrected chi connectivity index (χ2v) is 6.20. The van der Waals surface area contributed by atoms with E-state index in [4.69, 9.17) is 9.26 Å². The van der Waals surface area contributed by atoms with Crippen LogP contribution in [0.15, 0.2) is 52.1 Å². The molecule has 0 atom stereocenters. The van der Waals surface area contributed by atoms with Gasteiger partial charge in [0.1, 0.15) is 5.03 Å². The van der Waals surface area contributed by atoms with Gasteiger partial charge in [-0.2, -0.15) is 4.98 Å². The molecule has 2 aromatic heterocycles. The van der Waals surface area contributed by atoms with Gasteiger partial charge in [-0.05, 0) is 26.0 Å². The highest BCUT2D eigenvalue weighted by Crippen LogP contribution is 2.30. The van der Waals surface area contributed by atoms with Gasteiger partial charge in [-0.15, -0.1) is 0 Å². The van der Waals surface area contributed by atoms with Gasteiger partial charge in [0.05, 0.1) is 17.9 Å². The van der Waals surface area contributed by atoms with Gasteiger partial charge in [-0.3, -0.25) is 4.79 Å². The topological polar surface area (TPSA) is 78.1 Å². The first-order valence-electron chi connectivity index (χ1n) is 7.82. The van der Waals surface area contributed by atoms with Gasteiger partial charge >= 0.3 is 5.97 Å². The smallest absolute Gasteiger partial charge is 0.316 e. The normalized spacial score (nSPS) is 10.6. The molecule has 0 fully saturated rings. The summed E-state index contributed by atoms with van der Waals surface area (Å²) in [5.41, 5.74) is 2.74. The van der Waals surface area contributed by atoms with Crippen LogP contribution >= 0.6 is 11.8 Å². The number of hydrogen-bond donors (Lipinski definition) is 0. The molecule has 0 N–H and O–H groups in total. The Morgan fingerprint density at radius 1 is 1.24 bits per heavy atom. The van der Waals surface area contributed by atoms with Crippen LogP contribution in [0.5, 0.6) is 0 Å². The van der Waals surface area contributed by atoms with E-state index in [2.05, 4.69) is 15.1 Å². The lowest BCUT2D eigenvalue weighted by atomic mass is 10.1. The predicted molar refractivity (Wildman–Crippen MR) is 95.1 cm³/mol. The van der Waals surface area contributed by atoms with Crippen LogP contribution in [0, 0.1) is 6.92 Å². The second-order valence-electron chi connectivity index (χ2n) is 5.24. The van der Waals surface area contributed by atoms with Crippen molar-refractivity contribution in [2.24, 2.45) is 0 Å². The van der Waals surface area contributed by atoms with Gasteiger partial charge in [-0.25, -0.2) is 4.98 Å². The molecule has 0 aliphatic carbocycles. The molecule has 3 rings (SSSR count). The number of aromatic nitrogens is 3. The van der Waals surface area contributed by atoms with Gasteiger partial charge in [0.25, 0.3) is 5.89 Å². The van der Waals surface area contributed by atoms with Crippen molar-refractivity contribution in [2.45, 2.75) is 18.9 Å². The maximum atomic E-state index is 11.6. The third-order valence-electron chi connectivity index (χ3n) is 3.37. The van der Waals surface area contributed by atoms with E-state index in [1.807, 2.05) is 37.3 Å². The molecule has 0 unspecified atom stereocenters. The third kappa shape index (κ3) is 4.24. The first-order chi connectivity index (χ1) is 12.2. The summed E-state index contributed by atoms with van der Waals surface area (Å²) in [6, 6.07) is 11.5. The van der Waals surface area contributed by atoms with Gasteiger partial charge in [0.2, 0.25) is 5.82 Å². The summed E-state index contributed by atoms with van der Waals surface area (Å²) in [5, 5.41) is 4.69. The van der Waals surface area contributed by atoms with Crippen molar-refractivity contribution >= 4 is 17.7 Å². The summed E-state index contributed by atoms with van der Waals surface area (Å²) in [6.07, 6.45) is 1.66. The number of nitrogens with zero attached hydrogens (tertiary/aromatic N) is 3. The fourth-order valence-electron chi connectivity index (χ4n) is 2.15. The largest absolute Gasteiger partial charge is 0.465 e. The van der Waals surface area contributed by atoms with Crippen molar-refractivity contribution in [3.8, 4) is 22.8 Å². The highest BCUT2D eigenvalue weighted by molar-refractivity contribution is 8.00. The lowest BCUT2D eigenvalue weighted by molar-refractivity contribution is -0.139. The maximum Gasteiger partial charge on any atom is 0.316 e. The van der Waals surface area contributed by atoms with Crippen molar-refractivity contribution in [1.82, 2.24) is 15.1 Å². The minimum absolute atomic E-state index is 0.177. The monoisotopic (exact) mass is 355 g/mol. The molecule has 0 saturated carbocycles. The quantitative estimate of drug-likeness (QED) is 0.492. The van der Waals surface area contributed by atoms with Gasteiger partial charge in [-0.1, -0.05) is 46.7 Å². The SMILES string of the molecule is CCOC(=O)CSc1ncccc1-c1nc(-c2ccc(C)cc2)no1. The fraction of sp³-hybridized carbons (Fsp3) is 0.222. The van der Waals surface area contributed by atoms with Crippen LogP contribution in [0.2, 0.25) is 0 Å². The Hall–Kier alpha value is -2.67. The van der Waals surface area contributed by atoms with Crippen LogP contribution in [0.4, 0.5) is 0 Å². The number of esters is 1. The molecule has 0 spiro atoms. The van der Waals surface area contributed by atoms with Gasteiger partial charge < -0.3 is 9.26 Å². The van der Waals surface area contributed by atoms with Crippen molar-refractivity contribution in [3.63, 3.8) is 0 Å². The molecule has 0 amide bonds. The highest BCUT2D eigenvalue weighted by Gasteiger charge is 2.16. The zero-order valence-corrected chi connectivity index (χ0v) is 14.7. The van der Waals surface area contributed by atoms with Crippen molar-refractivity contribution < 1.29 is 14.1 Å². The number of carbonyl (C=O) groups is 1. The Morgan fingerprint density at radius 2 is 2.04 bits per heavy atom. The number of thioether (sulfide) groups is 1. The van der Waals surface area contributed by atoms with E-state index in [1.165, 1.54) is 11.8 Å². The van der Waals surface area contributed by atoms with Crippen molar-refractivity contribution in [1.29, 1.82) is 0 Å². The first kappa shape index (κ1) is 17.2. The minimum Gasteiger partial charge on any atom is -0.465 e. The number of aryl methyl sites for hydroxylation is 1.